The van der Waals surface area contributed by atoms with Gasteiger partial charge in [-0.1, -0.05) is 30.3 Å². The minimum atomic E-state index is -3.66. The molecule has 0 spiro atoms. The first kappa shape index (κ1) is 16.4. The molecular formula is C18H18N2O3S. The van der Waals surface area contributed by atoms with Gasteiger partial charge in [0.05, 0.1) is 23.7 Å². The van der Waals surface area contributed by atoms with Gasteiger partial charge in [-0.15, -0.1) is 0 Å². The number of rotatable bonds is 6. The minimum Gasteiger partial charge on any atom is -0.493 e. The number of fused-ring (bicyclic) bond motifs is 1. The van der Waals surface area contributed by atoms with Crippen LogP contribution >= 0.6 is 0 Å². The molecule has 0 aliphatic carbocycles. The summed E-state index contributed by atoms with van der Waals surface area (Å²) in [5.41, 5.74) is 0.663. The molecule has 1 N–H and O–H groups in total. The molecule has 0 fully saturated rings. The van der Waals surface area contributed by atoms with E-state index in [-0.39, 0.29) is 11.4 Å². The molecule has 1 heterocycles. The smallest absolute Gasteiger partial charge is 0.241 e. The van der Waals surface area contributed by atoms with E-state index < -0.39 is 10.0 Å². The van der Waals surface area contributed by atoms with E-state index in [1.807, 2.05) is 31.2 Å². The largest absolute Gasteiger partial charge is 0.493 e. The molecule has 1 aromatic heterocycles. The van der Waals surface area contributed by atoms with Crippen molar-refractivity contribution in [1.82, 2.24) is 9.71 Å². The number of benzene rings is 2. The highest BCUT2D eigenvalue weighted by atomic mass is 32.2. The second-order valence-electron chi connectivity index (χ2n) is 5.19. The Morgan fingerprint density at radius 1 is 1.00 bits per heavy atom. The number of nitrogens with zero attached hydrogens (tertiary/aromatic N) is 1. The first-order chi connectivity index (χ1) is 11.6. The number of hydrogen-bond acceptors (Lipinski definition) is 4. The van der Waals surface area contributed by atoms with Gasteiger partial charge < -0.3 is 4.74 Å². The fourth-order valence-electron chi connectivity index (χ4n) is 2.51. The van der Waals surface area contributed by atoms with Gasteiger partial charge in [-0.05, 0) is 31.2 Å². The molecule has 3 aromatic rings. The van der Waals surface area contributed by atoms with Gasteiger partial charge in [0.2, 0.25) is 10.0 Å². The van der Waals surface area contributed by atoms with E-state index in [0.29, 0.717) is 23.4 Å². The van der Waals surface area contributed by atoms with Crippen molar-refractivity contribution in [2.24, 2.45) is 0 Å². The van der Waals surface area contributed by atoms with Crippen LogP contribution in [0.15, 0.2) is 65.7 Å². The van der Waals surface area contributed by atoms with Crippen molar-refractivity contribution in [3.8, 4) is 5.75 Å². The van der Waals surface area contributed by atoms with Crippen molar-refractivity contribution < 1.29 is 13.2 Å². The molecule has 0 aliphatic heterocycles. The first-order valence-corrected chi connectivity index (χ1v) is 9.14. The fourth-order valence-corrected chi connectivity index (χ4v) is 3.72. The highest BCUT2D eigenvalue weighted by Gasteiger charge is 2.19. The number of sulfonamides is 1. The minimum absolute atomic E-state index is 0.144. The SMILES string of the molecule is CCOc1ccc(S(=O)(=O)NCc2ccccn2)c2ccccc12. The summed E-state index contributed by atoms with van der Waals surface area (Å²) in [4.78, 5) is 4.36. The highest BCUT2D eigenvalue weighted by Crippen LogP contribution is 2.31. The zero-order chi connectivity index (χ0) is 17.0. The average Bonchev–Trinajstić information content (AvgIpc) is 2.61. The van der Waals surface area contributed by atoms with E-state index in [1.165, 1.54) is 0 Å². The van der Waals surface area contributed by atoms with E-state index >= 15 is 0 Å². The second kappa shape index (κ2) is 6.98. The summed E-state index contributed by atoms with van der Waals surface area (Å²) in [5, 5.41) is 1.41. The molecule has 0 bridgehead atoms. The Labute approximate surface area is 141 Å². The molecule has 5 nitrogen and oxygen atoms in total. The van der Waals surface area contributed by atoms with Gasteiger partial charge in [-0.25, -0.2) is 13.1 Å². The van der Waals surface area contributed by atoms with Gasteiger partial charge in [0.1, 0.15) is 5.75 Å². The molecule has 24 heavy (non-hydrogen) atoms. The van der Waals surface area contributed by atoms with Gasteiger partial charge in [0, 0.05) is 17.0 Å². The van der Waals surface area contributed by atoms with Gasteiger partial charge >= 0.3 is 0 Å². The molecule has 124 valence electrons. The predicted octanol–water partition coefficient (Wildman–Crippen LogP) is 3.11. The molecule has 0 unspecified atom stereocenters. The first-order valence-electron chi connectivity index (χ1n) is 7.66. The number of aromatic nitrogens is 1. The quantitative estimate of drug-likeness (QED) is 0.747. The van der Waals surface area contributed by atoms with Crippen molar-refractivity contribution >= 4 is 20.8 Å². The lowest BCUT2D eigenvalue weighted by Crippen LogP contribution is -2.24. The standard InChI is InChI=1S/C18H18N2O3S/c1-2-23-17-10-11-18(16-9-4-3-8-15(16)17)24(21,22)20-13-14-7-5-6-12-19-14/h3-12,20H,2,13H2,1H3. The maximum absolute atomic E-state index is 12.7. The summed E-state index contributed by atoms with van der Waals surface area (Å²) in [6.07, 6.45) is 1.63. The van der Waals surface area contributed by atoms with Crippen LogP contribution in [-0.4, -0.2) is 20.0 Å². The van der Waals surface area contributed by atoms with Crippen LogP contribution in [0.4, 0.5) is 0 Å². The Hall–Kier alpha value is -2.44. The predicted molar refractivity (Wildman–Crippen MR) is 93.4 cm³/mol. The third-order valence-electron chi connectivity index (χ3n) is 3.60. The maximum Gasteiger partial charge on any atom is 0.241 e. The molecule has 0 saturated heterocycles. The van der Waals surface area contributed by atoms with Crippen LogP contribution in [0.1, 0.15) is 12.6 Å². The summed E-state index contributed by atoms with van der Waals surface area (Å²) >= 11 is 0. The molecule has 0 saturated carbocycles. The zero-order valence-electron chi connectivity index (χ0n) is 13.3. The van der Waals surface area contributed by atoms with E-state index in [1.54, 1.807) is 36.5 Å². The van der Waals surface area contributed by atoms with E-state index in [4.69, 9.17) is 4.74 Å². The van der Waals surface area contributed by atoms with Crippen LogP contribution in [0, 0.1) is 0 Å². The number of ether oxygens (including phenoxy) is 1. The number of pyridine rings is 1. The number of nitrogens with one attached hydrogen (secondary N) is 1. The summed E-state index contributed by atoms with van der Waals surface area (Å²) in [5.74, 6) is 0.678. The van der Waals surface area contributed by atoms with Gasteiger partial charge in [-0.3, -0.25) is 4.98 Å². The van der Waals surface area contributed by atoms with Crippen molar-refractivity contribution in [3.05, 3.63) is 66.5 Å². The number of hydrogen-bond donors (Lipinski definition) is 1. The van der Waals surface area contributed by atoms with Crippen LogP contribution in [0.2, 0.25) is 0 Å². The van der Waals surface area contributed by atoms with E-state index in [0.717, 1.165) is 5.39 Å². The lowest BCUT2D eigenvalue weighted by molar-refractivity contribution is 0.344. The molecular weight excluding hydrogens is 324 g/mol. The zero-order valence-corrected chi connectivity index (χ0v) is 14.1. The van der Waals surface area contributed by atoms with Gasteiger partial charge in [0.15, 0.2) is 0 Å². The summed E-state index contributed by atoms with van der Waals surface area (Å²) in [6.45, 7) is 2.56. The molecule has 2 aromatic carbocycles. The Balaban J connectivity index is 1.97. The molecule has 6 heteroatoms. The third-order valence-corrected chi connectivity index (χ3v) is 5.06. The van der Waals surface area contributed by atoms with Crippen molar-refractivity contribution in [1.29, 1.82) is 0 Å². The summed E-state index contributed by atoms with van der Waals surface area (Å²) in [6, 6.07) is 16.0. The molecule has 0 atom stereocenters. The molecule has 0 amide bonds. The average molecular weight is 342 g/mol. The Morgan fingerprint density at radius 2 is 1.75 bits per heavy atom. The lowest BCUT2D eigenvalue weighted by Gasteiger charge is -2.12. The molecule has 0 aliphatic rings. The van der Waals surface area contributed by atoms with Crippen molar-refractivity contribution in [3.63, 3.8) is 0 Å². The Bertz CT molecular complexity index is 941. The fraction of sp³-hybridized carbons (Fsp3) is 0.167. The van der Waals surface area contributed by atoms with Gasteiger partial charge in [-0.2, -0.15) is 0 Å². The Kier molecular flexibility index (Phi) is 4.78. The maximum atomic E-state index is 12.7. The monoisotopic (exact) mass is 342 g/mol. The lowest BCUT2D eigenvalue weighted by atomic mass is 10.1. The van der Waals surface area contributed by atoms with E-state index in [2.05, 4.69) is 9.71 Å². The normalized spacial score (nSPS) is 11.5. The topological polar surface area (TPSA) is 68.3 Å². The Morgan fingerprint density at radius 3 is 2.46 bits per heavy atom. The molecule has 3 rings (SSSR count). The van der Waals surface area contributed by atoms with Crippen molar-refractivity contribution in [2.45, 2.75) is 18.4 Å². The van der Waals surface area contributed by atoms with Crippen LogP contribution in [-0.2, 0) is 16.6 Å². The molecule has 0 radical (unpaired) electrons. The highest BCUT2D eigenvalue weighted by molar-refractivity contribution is 7.89. The third kappa shape index (κ3) is 3.39. The van der Waals surface area contributed by atoms with Crippen molar-refractivity contribution in [2.75, 3.05) is 6.61 Å². The van der Waals surface area contributed by atoms with Gasteiger partial charge in [0.25, 0.3) is 0 Å². The summed E-state index contributed by atoms with van der Waals surface area (Å²) in [7, 11) is -3.66. The van der Waals surface area contributed by atoms with Crippen LogP contribution in [0.25, 0.3) is 10.8 Å². The van der Waals surface area contributed by atoms with Crippen LogP contribution in [0.5, 0.6) is 5.75 Å². The van der Waals surface area contributed by atoms with E-state index in [9.17, 15) is 8.42 Å². The second-order valence-corrected chi connectivity index (χ2v) is 6.92. The summed E-state index contributed by atoms with van der Waals surface area (Å²) < 4.78 is 33.6. The van der Waals surface area contributed by atoms with Crippen LogP contribution < -0.4 is 9.46 Å². The van der Waals surface area contributed by atoms with Crippen LogP contribution in [0.3, 0.4) is 0 Å².